The fourth-order valence-electron chi connectivity index (χ4n) is 0.960. The third-order valence-corrected chi connectivity index (χ3v) is 1.64. The van der Waals surface area contributed by atoms with Gasteiger partial charge in [0.25, 0.3) is 5.82 Å². The van der Waals surface area contributed by atoms with Crippen LogP contribution in [-0.4, -0.2) is 39.4 Å². The molecule has 0 aromatic carbocycles. The standard InChI is InChI=1S/C8H7F3N6O2/c9-8(10,11)3-13-7(19)15-6(18)2-17-4-14-5(1-12)16-17/h4H,2-3H2,(H2,13,15,18,19). The van der Waals surface area contributed by atoms with E-state index in [0.717, 1.165) is 11.0 Å². The summed E-state index contributed by atoms with van der Waals surface area (Å²) >= 11 is 0. The van der Waals surface area contributed by atoms with Crippen molar-refractivity contribution in [2.75, 3.05) is 6.54 Å². The minimum atomic E-state index is -4.56. The van der Waals surface area contributed by atoms with Crippen molar-refractivity contribution in [2.24, 2.45) is 0 Å². The molecule has 0 spiro atoms. The quantitative estimate of drug-likeness (QED) is 0.775. The van der Waals surface area contributed by atoms with Gasteiger partial charge in [-0.05, 0) is 0 Å². The van der Waals surface area contributed by atoms with E-state index in [9.17, 15) is 22.8 Å². The fourth-order valence-corrected chi connectivity index (χ4v) is 0.960. The summed E-state index contributed by atoms with van der Waals surface area (Å²) in [7, 11) is 0. The maximum atomic E-state index is 11.8. The number of carbonyl (C=O) groups is 2. The number of nitrogens with one attached hydrogen (secondary N) is 2. The van der Waals surface area contributed by atoms with Gasteiger partial charge in [-0.2, -0.15) is 18.4 Å². The Hall–Kier alpha value is -2.64. The summed E-state index contributed by atoms with van der Waals surface area (Å²) in [5.74, 6) is -1.07. The third-order valence-electron chi connectivity index (χ3n) is 1.64. The first-order chi connectivity index (χ1) is 8.80. The molecule has 0 radical (unpaired) electrons. The molecule has 1 heterocycles. The first-order valence-corrected chi connectivity index (χ1v) is 4.74. The van der Waals surface area contributed by atoms with Crippen molar-refractivity contribution in [2.45, 2.75) is 12.7 Å². The molecule has 0 saturated carbocycles. The molecule has 102 valence electrons. The van der Waals surface area contributed by atoms with E-state index in [1.165, 1.54) is 5.32 Å². The van der Waals surface area contributed by atoms with Crippen LogP contribution in [0.4, 0.5) is 18.0 Å². The molecule has 1 aromatic rings. The molecule has 0 fully saturated rings. The van der Waals surface area contributed by atoms with Crippen molar-refractivity contribution in [3.05, 3.63) is 12.2 Å². The van der Waals surface area contributed by atoms with E-state index in [1.54, 1.807) is 11.4 Å². The molecule has 2 N–H and O–H groups in total. The van der Waals surface area contributed by atoms with Crippen LogP contribution >= 0.6 is 0 Å². The van der Waals surface area contributed by atoms with Gasteiger partial charge in [-0.3, -0.25) is 10.1 Å². The van der Waals surface area contributed by atoms with Gasteiger partial charge in [0.05, 0.1) is 0 Å². The summed E-state index contributed by atoms with van der Waals surface area (Å²) in [5, 5.41) is 15.1. The van der Waals surface area contributed by atoms with E-state index >= 15 is 0 Å². The second kappa shape index (κ2) is 5.80. The summed E-state index contributed by atoms with van der Waals surface area (Å²) < 4.78 is 36.2. The number of aromatic nitrogens is 3. The number of imide groups is 1. The lowest BCUT2D eigenvalue weighted by atomic mass is 10.5. The number of hydrogen-bond acceptors (Lipinski definition) is 5. The molecule has 0 aliphatic carbocycles. The van der Waals surface area contributed by atoms with Crippen LogP contribution in [-0.2, 0) is 11.3 Å². The van der Waals surface area contributed by atoms with E-state index < -0.39 is 31.2 Å². The minimum absolute atomic E-state index is 0.172. The maximum absolute atomic E-state index is 11.8. The molecular weight excluding hydrogens is 269 g/mol. The van der Waals surface area contributed by atoms with Gasteiger partial charge >= 0.3 is 12.2 Å². The van der Waals surface area contributed by atoms with Crippen LogP contribution in [0.1, 0.15) is 5.82 Å². The zero-order valence-electron chi connectivity index (χ0n) is 9.23. The van der Waals surface area contributed by atoms with Crippen LogP contribution in [0.25, 0.3) is 0 Å². The Balaban J connectivity index is 2.39. The number of nitrogens with zero attached hydrogens (tertiary/aromatic N) is 4. The van der Waals surface area contributed by atoms with Gasteiger partial charge < -0.3 is 5.32 Å². The molecule has 0 aliphatic heterocycles. The van der Waals surface area contributed by atoms with Gasteiger partial charge in [0, 0.05) is 0 Å². The number of hydrogen-bond donors (Lipinski definition) is 2. The molecule has 19 heavy (non-hydrogen) atoms. The topological polar surface area (TPSA) is 113 Å². The van der Waals surface area contributed by atoms with E-state index in [1.807, 2.05) is 0 Å². The predicted molar refractivity (Wildman–Crippen MR) is 52.3 cm³/mol. The highest BCUT2D eigenvalue weighted by molar-refractivity contribution is 5.94. The maximum Gasteiger partial charge on any atom is 0.405 e. The van der Waals surface area contributed by atoms with Gasteiger partial charge in [0.15, 0.2) is 0 Å². The Morgan fingerprint density at radius 3 is 2.68 bits per heavy atom. The number of halogens is 3. The molecule has 1 aromatic heterocycles. The Morgan fingerprint density at radius 2 is 2.16 bits per heavy atom. The number of urea groups is 1. The van der Waals surface area contributed by atoms with Crippen LogP contribution in [0.3, 0.4) is 0 Å². The average molecular weight is 276 g/mol. The van der Waals surface area contributed by atoms with Gasteiger partial charge in [-0.1, -0.05) is 0 Å². The Labute approximate surface area is 104 Å². The zero-order valence-corrected chi connectivity index (χ0v) is 9.23. The second-order valence-corrected chi connectivity index (χ2v) is 3.22. The summed E-state index contributed by atoms with van der Waals surface area (Å²) in [6.45, 7) is -2.00. The summed E-state index contributed by atoms with van der Waals surface area (Å²) in [6, 6.07) is 0.344. The first-order valence-electron chi connectivity index (χ1n) is 4.74. The van der Waals surface area contributed by atoms with Crippen molar-refractivity contribution >= 4 is 11.9 Å². The highest BCUT2D eigenvalue weighted by Crippen LogP contribution is 2.11. The molecular formula is C8H7F3N6O2. The number of carbonyl (C=O) groups excluding carboxylic acids is 2. The Bertz CT molecular complexity index is 517. The van der Waals surface area contributed by atoms with Gasteiger partial charge in [-0.25, -0.2) is 14.5 Å². The lowest BCUT2D eigenvalue weighted by molar-refractivity contribution is -0.125. The molecule has 0 unspecified atom stereocenters. The van der Waals surface area contributed by atoms with Crippen LogP contribution in [0.5, 0.6) is 0 Å². The molecule has 0 aliphatic rings. The third kappa shape index (κ3) is 5.48. The van der Waals surface area contributed by atoms with Crippen molar-refractivity contribution < 1.29 is 22.8 Å². The molecule has 11 heteroatoms. The summed E-state index contributed by atoms with van der Waals surface area (Å²) in [4.78, 5) is 25.6. The van der Waals surface area contributed by atoms with Gasteiger partial charge in [-0.15, -0.1) is 5.10 Å². The predicted octanol–water partition coefficient (Wildman–Crippen LogP) is -0.462. The summed E-state index contributed by atoms with van der Waals surface area (Å²) in [6.07, 6.45) is -3.49. The second-order valence-electron chi connectivity index (χ2n) is 3.22. The molecule has 8 nitrogen and oxygen atoms in total. The smallest absolute Gasteiger partial charge is 0.329 e. The Morgan fingerprint density at radius 1 is 1.47 bits per heavy atom. The minimum Gasteiger partial charge on any atom is -0.329 e. The largest absolute Gasteiger partial charge is 0.405 e. The van der Waals surface area contributed by atoms with Crippen LogP contribution in [0.15, 0.2) is 6.33 Å². The van der Waals surface area contributed by atoms with Crippen LogP contribution in [0, 0.1) is 11.3 Å². The first kappa shape index (κ1) is 14.4. The average Bonchev–Trinajstić information content (AvgIpc) is 2.73. The molecule has 3 amide bonds. The number of amides is 3. The summed E-state index contributed by atoms with van der Waals surface area (Å²) in [5.41, 5.74) is 0. The van der Waals surface area contributed by atoms with E-state index in [2.05, 4.69) is 10.1 Å². The van der Waals surface area contributed by atoms with E-state index in [-0.39, 0.29) is 5.82 Å². The zero-order chi connectivity index (χ0) is 14.5. The molecule has 0 atom stereocenters. The van der Waals surface area contributed by atoms with Crippen molar-refractivity contribution in [1.82, 2.24) is 25.4 Å². The van der Waals surface area contributed by atoms with Crippen molar-refractivity contribution in [1.29, 1.82) is 5.26 Å². The highest BCUT2D eigenvalue weighted by atomic mass is 19.4. The van der Waals surface area contributed by atoms with E-state index in [0.29, 0.717) is 0 Å². The fraction of sp³-hybridized carbons (Fsp3) is 0.375. The molecule has 1 rings (SSSR count). The van der Waals surface area contributed by atoms with Crippen LogP contribution < -0.4 is 10.6 Å². The highest BCUT2D eigenvalue weighted by Gasteiger charge is 2.27. The Kier molecular flexibility index (Phi) is 4.41. The van der Waals surface area contributed by atoms with Gasteiger partial charge in [0.1, 0.15) is 25.5 Å². The number of rotatable bonds is 3. The lowest BCUT2D eigenvalue weighted by Gasteiger charge is -2.08. The number of alkyl halides is 3. The normalized spacial score (nSPS) is 10.6. The molecule has 0 bridgehead atoms. The van der Waals surface area contributed by atoms with E-state index in [4.69, 9.17) is 5.26 Å². The van der Waals surface area contributed by atoms with Crippen LogP contribution in [0.2, 0.25) is 0 Å². The van der Waals surface area contributed by atoms with Crippen molar-refractivity contribution in [3.63, 3.8) is 0 Å². The molecule has 0 saturated heterocycles. The monoisotopic (exact) mass is 276 g/mol. The number of nitriles is 1. The SMILES string of the molecule is N#Cc1ncn(CC(=O)NC(=O)NCC(F)(F)F)n1. The lowest BCUT2D eigenvalue weighted by Crippen LogP contribution is -2.44. The van der Waals surface area contributed by atoms with Crippen molar-refractivity contribution in [3.8, 4) is 6.07 Å². The van der Waals surface area contributed by atoms with Gasteiger partial charge in [0.2, 0.25) is 5.91 Å².